The van der Waals surface area contributed by atoms with Gasteiger partial charge in [-0.15, -0.1) is 11.8 Å². The number of carbonyl (C=O) groups is 1. The summed E-state index contributed by atoms with van der Waals surface area (Å²) in [4.78, 5) is 17.3. The van der Waals surface area contributed by atoms with Gasteiger partial charge in [0.25, 0.3) is 0 Å². The van der Waals surface area contributed by atoms with E-state index in [1.165, 1.54) is 16.4 Å². The molecule has 3 aromatic rings. The van der Waals surface area contributed by atoms with Gasteiger partial charge in [-0.2, -0.15) is 5.10 Å². The second-order valence-corrected chi connectivity index (χ2v) is 12.0. The Balaban J connectivity index is 1.82. The first kappa shape index (κ1) is 24.2. The average molecular weight is 521 g/mol. The van der Waals surface area contributed by atoms with E-state index in [1.807, 2.05) is 50.2 Å². The first-order valence-electron chi connectivity index (χ1n) is 10.4. The smallest absolute Gasteiger partial charge is 0.355 e. The fourth-order valence-electron chi connectivity index (χ4n) is 3.71. The number of hydrogen-bond acceptors (Lipinski definition) is 5. The molecule has 2 atom stereocenters. The molecule has 5 nitrogen and oxygen atoms in total. The minimum Gasteiger partial charge on any atom is -0.476 e. The Hall–Kier alpha value is -1.93. The summed E-state index contributed by atoms with van der Waals surface area (Å²) < 4.78 is 1.52. The number of halogens is 2. The van der Waals surface area contributed by atoms with Crippen LogP contribution >= 0.6 is 46.7 Å². The number of carboxylic acids is 1. The van der Waals surface area contributed by atoms with E-state index in [1.54, 1.807) is 17.8 Å². The molecule has 1 aliphatic rings. The third-order valence-corrected chi connectivity index (χ3v) is 8.62. The Morgan fingerprint density at radius 2 is 1.82 bits per heavy atom. The maximum Gasteiger partial charge on any atom is 0.355 e. The molecule has 9 heteroatoms. The molecule has 0 aliphatic carbocycles. The van der Waals surface area contributed by atoms with Crippen molar-refractivity contribution < 1.29 is 9.90 Å². The number of aromatic carboxylic acids is 1. The zero-order chi connectivity index (χ0) is 23.9. The van der Waals surface area contributed by atoms with Gasteiger partial charge in [0.05, 0.1) is 26.4 Å². The molecule has 2 aromatic carbocycles. The summed E-state index contributed by atoms with van der Waals surface area (Å²) in [5.41, 5.74) is 4.23. The molecule has 2 unspecified atom stereocenters. The van der Waals surface area contributed by atoms with E-state index >= 15 is 0 Å². The maximum atomic E-state index is 12.4. The third kappa shape index (κ3) is 4.97. The van der Waals surface area contributed by atoms with Gasteiger partial charge in [-0.25, -0.2) is 9.48 Å². The maximum absolute atomic E-state index is 12.4. The molecule has 33 heavy (non-hydrogen) atoms. The predicted octanol–water partition coefficient (Wildman–Crippen LogP) is 7.33. The van der Waals surface area contributed by atoms with Crippen molar-refractivity contribution in [1.82, 2.24) is 9.78 Å². The molecule has 0 bridgehead atoms. The summed E-state index contributed by atoms with van der Waals surface area (Å²) >= 11 is 15.7. The molecule has 0 saturated heterocycles. The molecule has 1 N–H and O–H groups in total. The van der Waals surface area contributed by atoms with Crippen LogP contribution in [0.1, 0.15) is 47.2 Å². The lowest BCUT2D eigenvalue weighted by Crippen LogP contribution is -2.16. The van der Waals surface area contributed by atoms with Gasteiger partial charge in [0.1, 0.15) is 0 Å². The molecule has 1 aliphatic heterocycles. The van der Waals surface area contributed by atoms with Gasteiger partial charge in [-0.05, 0) is 37.1 Å². The van der Waals surface area contributed by atoms with E-state index in [-0.39, 0.29) is 16.3 Å². The Kier molecular flexibility index (Phi) is 7.15. The van der Waals surface area contributed by atoms with Crippen molar-refractivity contribution in [2.75, 3.05) is 0 Å². The summed E-state index contributed by atoms with van der Waals surface area (Å²) in [7, 11) is 0. The molecule has 0 saturated carbocycles. The fraction of sp³-hybridized carbons (Fsp3) is 0.292. The number of aryl methyl sites for hydroxylation is 2. The largest absolute Gasteiger partial charge is 0.476 e. The number of benzene rings is 2. The van der Waals surface area contributed by atoms with Crippen LogP contribution in [0.5, 0.6) is 0 Å². The predicted molar refractivity (Wildman–Crippen MR) is 140 cm³/mol. The van der Waals surface area contributed by atoms with Gasteiger partial charge in [-0.3, -0.25) is 4.99 Å². The number of aliphatic imine (C=N–C) groups is 1. The van der Waals surface area contributed by atoms with Crippen molar-refractivity contribution in [2.45, 2.75) is 43.6 Å². The van der Waals surface area contributed by atoms with Crippen LogP contribution in [0.25, 0.3) is 11.1 Å². The van der Waals surface area contributed by atoms with Crippen LogP contribution in [0.2, 0.25) is 10.0 Å². The van der Waals surface area contributed by atoms with E-state index in [4.69, 9.17) is 28.2 Å². The number of hydrogen-bond donors (Lipinski definition) is 1. The summed E-state index contributed by atoms with van der Waals surface area (Å²) in [6, 6.07) is 13.1. The molecule has 2 heterocycles. The van der Waals surface area contributed by atoms with Crippen LogP contribution in [0.4, 0.5) is 0 Å². The zero-order valence-corrected chi connectivity index (χ0v) is 21.7. The summed E-state index contributed by atoms with van der Waals surface area (Å²) in [6.45, 7) is 8.09. The van der Waals surface area contributed by atoms with Crippen LogP contribution in [-0.2, 0) is 0 Å². The molecule has 1 aromatic heterocycles. The van der Waals surface area contributed by atoms with Gasteiger partial charge in [0.15, 0.2) is 10.9 Å². The Morgan fingerprint density at radius 1 is 1.12 bits per heavy atom. The summed E-state index contributed by atoms with van der Waals surface area (Å²) in [5.74, 6) is -1.04. The highest BCUT2D eigenvalue weighted by atomic mass is 35.5. The SMILES string of the molecule is Cc1ccc(-c2c(C)nn(C3=NC(c4ccc(Cl)c(Cl)c4)C(SC(C)C)S3)c2C(=O)O)cc1. The first-order chi connectivity index (χ1) is 15.7. The van der Waals surface area contributed by atoms with Gasteiger partial charge in [-0.1, -0.05) is 84.7 Å². The molecule has 0 amide bonds. The molecular weight excluding hydrogens is 497 g/mol. The average Bonchev–Trinajstić information content (AvgIpc) is 3.31. The Bertz CT molecular complexity index is 1240. The van der Waals surface area contributed by atoms with E-state index in [9.17, 15) is 9.90 Å². The standard InChI is InChI=1S/C24H23Cl2N3O2S2/c1-12(2)32-23-20(16-9-10-17(25)18(26)11-16)27-24(33-23)29-21(22(30)31)19(14(4)28-29)15-7-5-13(3)6-8-15/h5-12,20,23H,1-4H3,(H,30,31). The first-order valence-corrected chi connectivity index (χ1v) is 13.0. The Labute approximate surface area is 211 Å². The summed E-state index contributed by atoms with van der Waals surface area (Å²) in [6.07, 6.45) is 0. The lowest BCUT2D eigenvalue weighted by molar-refractivity contribution is 0.0689. The number of aromatic nitrogens is 2. The van der Waals surface area contributed by atoms with Gasteiger partial charge < -0.3 is 5.11 Å². The minimum absolute atomic E-state index is 0.0474. The monoisotopic (exact) mass is 519 g/mol. The molecule has 4 rings (SSSR count). The summed E-state index contributed by atoms with van der Waals surface area (Å²) in [5, 5.41) is 16.6. The van der Waals surface area contributed by atoms with Gasteiger partial charge in [0.2, 0.25) is 0 Å². The van der Waals surface area contributed by atoms with Crippen molar-refractivity contribution in [3.05, 3.63) is 75.0 Å². The highest BCUT2D eigenvalue weighted by Gasteiger charge is 2.36. The van der Waals surface area contributed by atoms with Crippen LogP contribution < -0.4 is 0 Å². The lowest BCUT2D eigenvalue weighted by atomic mass is 10.0. The number of rotatable bonds is 5. The van der Waals surface area contributed by atoms with Gasteiger partial charge >= 0.3 is 5.97 Å². The van der Waals surface area contributed by atoms with Crippen LogP contribution in [0.15, 0.2) is 47.5 Å². The van der Waals surface area contributed by atoms with E-state index in [2.05, 4.69) is 18.9 Å². The van der Waals surface area contributed by atoms with Crippen LogP contribution in [-0.4, -0.2) is 35.9 Å². The number of thioether (sulfide) groups is 2. The van der Waals surface area contributed by atoms with Crippen molar-refractivity contribution in [3.63, 3.8) is 0 Å². The molecule has 0 spiro atoms. The molecule has 0 fully saturated rings. The van der Waals surface area contributed by atoms with Gasteiger partial charge in [0, 0.05) is 10.8 Å². The highest BCUT2D eigenvalue weighted by Crippen LogP contribution is 2.47. The van der Waals surface area contributed by atoms with Crippen LogP contribution in [0, 0.1) is 13.8 Å². The Morgan fingerprint density at radius 3 is 2.42 bits per heavy atom. The van der Waals surface area contributed by atoms with Crippen molar-refractivity contribution in [1.29, 1.82) is 0 Å². The number of nitrogens with zero attached hydrogens (tertiary/aromatic N) is 3. The molecule has 0 radical (unpaired) electrons. The quantitative estimate of drug-likeness (QED) is 0.382. The third-order valence-electron chi connectivity index (χ3n) is 5.20. The minimum atomic E-state index is -1.04. The number of carboxylic acid groups (broad SMARTS) is 1. The zero-order valence-electron chi connectivity index (χ0n) is 18.5. The topological polar surface area (TPSA) is 67.5 Å². The highest BCUT2D eigenvalue weighted by molar-refractivity contribution is 8.25. The van der Waals surface area contributed by atoms with Crippen molar-refractivity contribution in [3.8, 4) is 11.1 Å². The fourth-order valence-corrected chi connectivity index (χ4v) is 7.03. The van der Waals surface area contributed by atoms with Crippen molar-refractivity contribution in [2.24, 2.45) is 4.99 Å². The second-order valence-electron chi connectivity index (χ2n) is 8.09. The van der Waals surface area contributed by atoms with E-state index in [0.717, 1.165) is 16.7 Å². The van der Waals surface area contributed by atoms with Crippen molar-refractivity contribution >= 4 is 57.9 Å². The lowest BCUT2D eigenvalue weighted by Gasteiger charge is -2.19. The van der Waals surface area contributed by atoms with Crippen LogP contribution in [0.3, 0.4) is 0 Å². The normalized spacial score (nSPS) is 18.1. The van der Waals surface area contributed by atoms with E-state index < -0.39 is 5.97 Å². The van der Waals surface area contributed by atoms with E-state index in [0.29, 0.717) is 31.7 Å². The molecule has 172 valence electrons. The molecular formula is C24H23Cl2N3O2S2. The second kappa shape index (κ2) is 9.74.